The lowest BCUT2D eigenvalue weighted by molar-refractivity contribution is -0.385. The first-order valence-corrected chi connectivity index (χ1v) is 7.38. The lowest BCUT2D eigenvalue weighted by Gasteiger charge is -2.10. The van der Waals surface area contributed by atoms with Crippen LogP contribution >= 0.6 is 11.6 Å². The van der Waals surface area contributed by atoms with E-state index in [9.17, 15) is 19.7 Å². The smallest absolute Gasteiger partial charge is 0.338 e. The number of carbonyl (C=O) groups excluding carboxylic acids is 2. The number of primary amides is 1. The summed E-state index contributed by atoms with van der Waals surface area (Å²) in [7, 11) is 0. The van der Waals surface area contributed by atoms with Gasteiger partial charge >= 0.3 is 11.7 Å². The second-order valence-electron chi connectivity index (χ2n) is 4.95. The quantitative estimate of drug-likeness (QED) is 0.477. The van der Waals surface area contributed by atoms with E-state index in [4.69, 9.17) is 26.8 Å². The molecular formula is C16H13ClN2O6. The molecule has 130 valence electrons. The summed E-state index contributed by atoms with van der Waals surface area (Å²) < 4.78 is 10.3. The zero-order chi connectivity index (χ0) is 18.6. The fourth-order valence-electron chi connectivity index (χ4n) is 1.79. The average molecular weight is 365 g/mol. The van der Waals surface area contributed by atoms with Crippen molar-refractivity contribution in [3.8, 4) is 11.5 Å². The van der Waals surface area contributed by atoms with Gasteiger partial charge in [-0.1, -0.05) is 11.6 Å². The van der Waals surface area contributed by atoms with E-state index in [1.54, 1.807) is 0 Å². The van der Waals surface area contributed by atoms with Crippen molar-refractivity contribution in [2.24, 2.45) is 5.73 Å². The second-order valence-corrected chi connectivity index (χ2v) is 5.38. The number of carbonyl (C=O) groups is 2. The van der Waals surface area contributed by atoms with Crippen molar-refractivity contribution in [1.82, 2.24) is 0 Å². The first-order valence-electron chi connectivity index (χ1n) is 7.00. The zero-order valence-electron chi connectivity index (χ0n) is 13.0. The number of hydrogen-bond donors (Lipinski definition) is 1. The molecule has 1 atom stereocenters. The predicted molar refractivity (Wildman–Crippen MR) is 88.7 cm³/mol. The van der Waals surface area contributed by atoms with Crippen molar-refractivity contribution in [3.05, 3.63) is 63.2 Å². The molecule has 2 aromatic rings. The molecule has 2 rings (SSSR count). The van der Waals surface area contributed by atoms with E-state index < -0.39 is 22.9 Å². The molecule has 9 heteroatoms. The molecule has 1 amide bonds. The molecule has 25 heavy (non-hydrogen) atoms. The van der Waals surface area contributed by atoms with Gasteiger partial charge in [0.1, 0.15) is 5.75 Å². The standard InChI is InChI=1S/C16H13ClN2O6/c1-9(15(18)20)24-16(21)10-2-5-12(6-3-10)25-14-7-4-11(17)8-13(14)19(22)23/h2-9H,1H3,(H2,18,20)/t9-/m1/s1. The van der Waals surface area contributed by atoms with Crippen LogP contribution in [0.2, 0.25) is 5.02 Å². The van der Waals surface area contributed by atoms with Crippen LogP contribution in [0.4, 0.5) is 5.69 Å². The summed E-state index contributed by atoms with van der Waals surface area (Å²) in [6.07, 6.45) is -1.06. The third-order valence-corrected chi connectivity index (χ3v) is 3.36. The van der Waals surface area contributed by atoms with Crippen LogP contribution in [-0.4, -0.2) is 22.9 Å². The highest BCUT2D eigenvalue weighted by Gasteiger charge is 2.18. The molecule has 8 nitrogen and oxygen atoms in total. The Balaban J connectivity index is 2.15. The summed E-state index contributed by atoms with van der Waals surface area (Å²) in [5, 5.41) is 11.2. The lowest BCUT2D eigenvalue weighted by Crippen LogP contribution is -2.30. The molecule has 0 spiro atoms. The number of esters is 1. The molecule has 2 N–H and O–H groups in total. The number of hydrogen-bond acceptors (Lipinski definition) is 6. The highest BCUT2D eigenvalue weighted by Crippen LogP contribution is 2.33. The summed E-state index contributed by atoms with van der Waals surface area (Å²) in [6.45, 7) is 1.36. The van der Waals surface area contributed by atoms with Crippen molar-refractivity contribution in [2.45, 2.75) is 13.0 Å². The number of nitro groups is 1. The Hall–Kier alpha value is -3.13. The number of ether oxygens (including phenoxy) is 2. The van der Waals surface area contributed by atoms with Gasteiger partial charge in [0.2, 0.25) is 5.75 Å². The van der Waals surface area contributed by atoms with Crippen LogP contribution in [0.25, 0.3) is 0 Å². The summed E-state index contributed by atoms with van der Waals surface area (Å²) in [5.74, 6) is -1.21. The lowest BCUT2D eigenvalue weighted by atomic mass is 10.2. The van der Waals surface area contributed by atoms with Crippen molar-refractivity contribution < 1.29 is 24.0 Å². The minimum Gasteiger partial charge on any atom is -0.450 e. The second kappa shape index (κ2) is 7.63. The third-order valence-electron chi connectivity index (χ3n) is 3.12. The van der Waals surface area contributed by atoms with Crippen LogP contribution in [0.15, 0.2) is 42.5 Å². The number of rotatable bonds is 6. The molecule has 2 aromatic carbocycles. The summed E-state index contributed by atoms with van der Waals surface area (Å²) in [4.78, 5) is 33.2. The Kier molecular flexibility index (Phi) is 5.56. The molecule has 0 aromatic heterocycles. The largest absolute Gasteiger partial charge is 0.450 e. The van der Waals surface area contributed by atoms with Crippen molar-refractivity contribution in [2.75, 3.05) is 0 Å². The van der Waals surface area contributed by atoms with Gasteiger partial charge in [0.15, 0.2) is 6.10 Å². The number of amides is 1. The van der Waals surface area contributed by atoms with Crippen LogP contribution in [-0.2, 0) is 9.53 Å². The molecule has 0 aliphatic carbocycles. The Bertz CT molecular complexity index is 822. The van der Waals surface area contributed by atoms with Gasteiger partial charge < -0.3 is 15.2 Å². The van der Waals surface area contributed by atoms with Crippen molar-refractivity contribution in [3.63, 3.8) is 0 Å². The maximum absolute atomic E-state index is 11.8. The van der Waals surface area contributed by atoms with Crippen LogP contribution in [0.5, 0.6) is 11.5 Å². The van der Waals surface area contributed by atoms with Gasteiger partial charge in [0, 0.05) is 11.1 Å². The maximum Gasteiger partial charge on any atom is 0.338 e. The van der Waals surface area contributed by atoms with Crippen molar-refractivity contribution >= 4 is 29.2 Å². The number of nitrogens with zero attached hydrogens (tertiary/aromatic N) is 1. The van der Waals surface area contributed by atoms with E-state index in [1.165, 1.54) is 49.4 Å². The average Bonchev–Trinajstić information content (AvgIpc) is 2.56. The van der Waals surface area contributed by atoms with Crippen LogP contribution < -0.4 is 10.5 Å². The zero-order valence-corrected chi connectivity index (χ0v) is 13.7. The number of halogens is 1. The topological polar surface area (TPSA) is 122 Å². The van der Waals surface area contributed by atoms with Crippen molar-refractivity contribution in [1.29, 1.82) is 0 Å². The predicted octanol–water partition coefficient (Wildman–Crippen LogP) is 3.07. The summed E-state index contributed by atoms with van der Waals surface area (Å²) in [5.41, 5.74) is 4.91. The molecule has 0 fully saturated rings. The SMILES string of the molecule is C[C@@H](OC(=O)c1ccc(Oc2ccc(Cl)cc2[N+](=O)[O-])cc1)C(N)=O. The normalized spacial score (nSPS) is 11.4. The summed E-state index contributed by atoms with van der Waals surface area (Å²) in [6, 6.07) is 9.67. The van der Waals surface area contributed by atoms with Crippen LogP contribution in [0.3, 0.4) is 0 Å². The van der Waals surface area contributed by atoms with E-state index >= 15 is 0 Å². The van der Waals surface area contributed by atoms with E-state index in [0.717, 1.165) is 0 Å². The molecule has 0 saturated carbocycles. The molecule has 0 aliphatic heterocycles. The minimum absolute atomic E-state index is 0.00655. The van der Waals surface area contributed by atoms with Gasteiger partial charge in [-0.3, -0.25) is 14.9 Å². The first kappa shape index (κ1) is 18.2. The Morgan fingerprint density at radius 2 is 1.84 bits per heavy atom. The van der Waals surface area contributed by atoms with E-state index in [-0.39, 0.29) is 27.8 Å². The molecule has 0 aliphatic rings. The first-order chi connectivity index (χ1) is 11.8. The highest BCUT2D eigenvalue weighted by molar-refractivity contribution is 6.30. The van der Waals surface area contributed by atoms with Crippen LogP contribution in [0, 0.1) is 10.1 Å². The van der Waals surface area contributed by atoms with E-state index in [2.05, 4.69) is 0 Å². The Morgan fingerprint density at radius 3 is 2.40 bits per heavy atom. The van der Waals surface area contributed by atoms with Gasteiger partial charge in [0.25, 0.3) is 5.91 Å². The van der Waals surface area contributed by atoms with Crippen LogP contribution in [0.1, 0.15) is 17.3 Å². The van der Waals surface area contributed by atoms with Gasteiger partial charge in [0.05, 0.1) is 10.5 Å². The van der Waals surface area contributed by atoms with Gasteiger partial charge in [-0.2, -0.15) is 0 Å². The van der Waals surface area contributed by atoms with Gasteiger partial charge in [-0.15, -0.1) is 0 Å². The van der Waals surface area contributed by atoms with E-state index in [0.29, 0.717) is 0 Å². The molecule has 0 unspecified atom stereocenters. The molecular weight excluding hydrogens is 352 g/mol. The molecule has 0 radical (unpaired) electrons. The highest BCUT2D eigenvalue weighted by atomic mass is 35.5. The fourth-order valence-corrected chi connectivity index (χ4v) is 1.96. The van der Waals surface area contributed by atoms with E-state index in [1.807, 2.05) is 0 Å². The summed E-state index contributed by atoms with van der Waals surface area (Å²) >= 11 is 5.74. The maximum atomic E-state index is 11.8. The van der Waals surface area contributed by atoms with Gasteiger partial charge in [-0.25, -0.2) is 4.79 Å². The monoisotopic (exact) mass is 364 g/mol. The number of nitro benzene ring substituents is 1. The third kappa shape index (κ3) is 4.67. The van der Waals surface area contributed by atoms with Gasteiger partial charge in [-0.05, 0) is 43.3 Å². The number of nitrogens with two attached hydrogens (primary N) is 1. The Labute approximate surface area is 147 Å². The molecule has 0 bridgehead atoms. The minimum atomic E-state index is -1.06. The Morgan fingerprint density at radius 1 is 1.20 bits per heavy atom. The molecule has 0 saturated heterocycles. The fraction of sp³-hybridized carbons (Fsp3) is 0.125. The number of benzene rings is 2. The molecule has 0 heterocycles.